The van der Waals surface area contributed by atoms with Crippen molar-refractivity contribution in [1.82, 2.24) is 14.7 Å². The Morgan fingerprint density at radius 2 is 1.48 bits per heavy atom. The minimum absolute atomic E-state index is 0.175. The summed E-state index contributed by atoms with van der Waals surface area (Å²) in [6.07, 6.45) is 4.89. The number of carbonyl (C=O) groups excluding carboxylic acids is 3. The van der Waals surface area contributed by atoms with Gasteiger partial charge in [-0.3, -0.25) is 19.3 Å². The molecule has 0 atom stereocenters. The highest BCUT2D eigenvalue weighted by Crippen LogP contribution is 2.24. The number of carbonyl (C=O) groups is 3. The molecule has 4 rings (SSSR count). The van der Waals surface area contributed by atoms with Crippen molar-refractivity contribution in [3.05, 3.63) is 35.4 Å². The third-order valence-corrected chi connectivity index (χ3v) is 6.09. The van der Waals surface area contributed by atoms with E-state index in [1.165, 1.54) is 4.90 Å². The van der Waals surface area contributed by atoms with Crippen LogP contribution in [-0.4, -0.2) is 71.7 Å². The molecule has 0 unspecified atom stereocenters. The zero-order chi connectivity index (χ0) is 18.8. The molecule has 6 nitrogen and oxygen atoms in total. The van der Waals surface area contributed by atoms with Crippen LogP contribution in [0.3, 0.4) is 0 Å². The number of amides is 3. The van der Waals surface area contributed by atoms with Crippen LogP contribution in [0.2, 0.25) is 0 Å². The quantitative estimate of drug-likeness (QED) is 0.745. The summed E-state index contributed by atoms with van der Waals surface area (Å²) < 4.78 is 0. The van der Waals surface area contributed by atoms with Crippen LogP contribution >= 0.6 is 0 Å². The second-order valence-corrected chi connectivity index (χ2v) is 7.81. The second kappa shape index (κ2) is 7.80. The maximum Gasteiger partial charge on any atom is 0.261 e. The Morgan fingerprint density at radius 1 is 0.889 bits per heavy atom. The lowest BCUT2D eigenvalue weighted by atomic mass is 9.95. The van der Waals surface area contributed by atoms with Crippen molar-refractivity contribution in [1.29, 1.82) is 0 Å². The van der Waals surface area contributed by atoms with Crippen LogP contribution in [0.25, 0.3) is 0 Å². The van der Waals surface area contributed by atoms with Crippen LogP contribution in [-0.2, 0) is 4.79 Å². The molecule has 0 aliphatic carbocycles. The van der Waals surface area contributed by atoms with E-state index in [1.54, 1.807) is 24.3 Å². The normalized spacial score (nSPS) is 21.2. The second-order valence-electron chi connectivity index (χ2n) is 7.81. The number of piperidine rings is 1. The Labute approximate surface area is 160 Å². The van der Waals surface area contributed by atoms with Crippen molar-refractivity contribution in [3.8, 4) is 0 Å². The molecule has 0 radical (unpaired) electrons. The highest BCUT2D eigenvalue weighted by molar-refractivity contribution is 6.21. The zero-order valence-electron chi connectivity index (χ0n) is 15.7. The van der Waals surface area contributed by atoms with E-state index in [0.717, 1.165) is 64.8 Å². The van der Waals surface area contributed by atoms with Gasteiger partial charge in [0.25, 0.3) is 11.8 Å². The molecule has 6 heteroatoms. The summed E-state index contributed by atoms with van der Waals surface area (Å²) >= 11 is 0. The van der Waals surface area contributed by atoms with Crippen LogP contribution < -0.4 is 0 Å². The van der Waals surface area contributed by atoms with E-state index in [1.807, 2.05) is 4.90 Å². The molecule has 2 fully saturated rings. The molecular formula is C21H27N3O3. The van der Waals surface area contributed by atoms with Crippen molar-refractivity contribution in [3.63, 3.8) is 0 Å². The summed E-state index contributed by atoms with van der Waals surface area (Å²) in [6, 6.07) is 7.03. The first kappa shape index (κ1) is 18.2. The molecule has 0 aromatic heterocycles. The first-order chi connectivity index (χ1) is 13.1. The lowest BCUT2D eigenvalue weighted by Crippen LogP contribution is -2.42. The summed E-state index contributed by atoms with van der Waals surface area (Å²) in [4.78, 5) is 43.0. The van der Waals surface area contributed by atoms with Crippen molar-refractivity contribution < 1.29 is 14.4 Å². The van der Waals surface area contributed by atoms with E-state index < -0.39 is 0 Å². The van der Waals surface area contributed by atoms with Crippen LogP contribution in [0.4, 0.5) is 0 Å². The fourth-order valence-corrected chi connectivity index (χ4v) is 4.49. The molecule has 1 aromatic carbocycles. The molecule has 0 spiro atoms. The Hall–Kier alpha value is -2.21. The Balaban J connectivity index is 1.21. The topological polar surface area (TPSA) is 60.9 Å². The molecule has 3 heterocycles. The average molecular weight is 369 g/mol. The summed E-state index contributed by atoms with van der Waals surface area (Å²) in [5.41, 5.74) is 1.03. The number of fused-ring (bicyclic) bond motifs is 1. The van der Waals surface area contributed by atoms with Crippen LogP contribution in [0.1, 0.15) is 52.8 Å². The van der Waals surface area contributed by atoms with Gasteiger partial charge in [0.15, 0.2) is 0 Å². The maximum atomic E-state index is 12.5. The van der Waals surface area contributed by atoms with Gasteiger partial charge >= 0.3 is 0 Å². The van der Waals surface area contributed by atoms with Gasteiger partial charge in [-0.15, -0.1) is 0 Å². The predicted molar refractivity (Wildman–Crippen MR) is 101 cm³/mol. The molecule has 0 N–H and O–H groups in total. The fourth-order valence-electron chi connectivity index (χ4n) is 4.49. The molecule has 27 heavy (non-hydrogen) atoms. The molecule has 0 saturated carbocycles. The zero-order valence-corrected chi connectivity index (χ0v) is 15.7. The van der Waals surface area contributed by atoms with Crippen molar-refractivity contribution in [2.24, 2.45) is 5.92 Å². The molecule has 3 aliphatic rings. The standard InChI is InChI=1S/C21H27N3O3/c25-19(23-11-3-4-12-23)16-8-14-22(15-9-16)10-5-13-24-20(26)17-6-1-2-7-18(17)21(24)27/h1-2,6-7,16H,3-5,8-15H2. The Kier molecular flexibility index (Phi) is 5.25. The van der Waals surface area contributed by atoms with Crippen molar-refractivity contribution in [2.45, 2.75) is 32.1 Å². The number of benzene rings is 1. The molecule has 3 amide bonds. The smallest absolute Gasteiger partial charge is 0.261 e. The molecule has 3 aliphatic heterocycles. The maximum absolute atomic E-state index is 12.5. The van der Waals surface area contributed by atoms with Crippen LogP contribution in [0.15, 0.2) is 24.3 Å². The SMILES string of the molecule is O=C(C1CCN(CCCN2C(=O)c3ccccc3C2=O)CC1)N1CCCC1. The van der Waals surface area contributed by atoms with Gasteiger partial charge in [-0.1, -0.05) is 12.1 Å². The highest BCUT2D eigenvalue weighted by Gasteiger charge is 2.35. The first-order valence-electron chi connectivity index (χ1n) is 10.1. The van der Waals surface area contributed by atoms with Gasteiger partial charge in [-0.25, -0.2) is 0 Å². The summed E-state index contributed by atoms with van der Waals surface area (Å²) in [6.45, 7) is 5.02. The minimum atomic E-state index is -0.175. The van der Waals surface area contributed by atoms with E-state index in [4.69, 9.17) is 0 Å². The van der Waals surface area contributed by atoms with Crippen molar-refractivity contribution >= 4 is 17.7 Å². The first-order valence-corrected chi connectivity index (χ1v) is 10.1. The van der Waals surface area contributed by atoms with Gasteiger partial charge in [0.2, 0.25) is 5.91 Å². The number of hydrogen-bond donors (Lipinski definition) is 0. The molecule has 1 aromatic rings. The van der Waals surface area contributed by atoms with E-state index in [-0.39, 0.29) is 17.7 Å². The predicted octanol–water partition coefficient (Wildman–Crippen LogP) is 2.01. The molecule has 0 bridgehead atoms. The number of rotatable bonds is 5. The average Bonchev–Trinajstić information content (AvgIpc) is 3.32. The largest absolute Gasteiger partial charge is 0.342 e. The van der Waals surface area contributed by atoms with Gasteiger partial charge < -0.3 is 9.80 Å². The minimum Gasteiger partial charge on any atom is -0.342 e. The lowest BCUT2D eigenvalue weighted by molar-refractivity contribution is -0.136. The van der Waals surface area contributed by atoms with E-state index in [2.05, 4.69) is 4.90 Å². The summed E-state index contributed by atoms with van der Waals surface area (Å²) in [7, 11) is 0. The van der Waals surface area contributed by atoms with Gasteiger partial charge in [0, 0.05) is 25.6 Å². The van der Waals surface area contributed by atoms with Crippen LogP contribution in [0.5, 0.6) is 0 Å². The summed E-state index contributed by atoms with van der Waals surface area (Å²) in [5.74, 6) is 0.171. The lowest BCUT2D eigenvalue weighted by Gasteiger charge is -2.33. The number of hydrogen-bond acceptors (Lipinski definition) is 4. The van der Waals surface area contributed by atoms with Gasteiger partial charge in [0.05, 0.1) is 11.1 Å². The molecular weight excluding hydrogens is 342 g/mol. The van der Waals surface area contributed by atoms with E-state index >= 15 is 0 Å². The monoisotopic (exact) mass is 369 g/mol. The third-order valence-electron chi connectivity index (χ3n) is 6.09. The van der Waals surface area contributed by atoms with Crippen molar-refractivity contribution in [2.75, 3.05) is 39.3 Å². The third kappa shape index (κ3) is 3.63. The molecule has 2 saturated heterocycles. The highest BCUT2D eigenvalue weighted by atomic mass is 16.2. The van der Waals surface area contributed by atoms with Gasteiger partial charge in [-0.05, 0) is 63.9 Å². The van der Waals surface area contributed by atoms with Crippen LogP contribution in [0, 0.1) is 5.92 Å². The summed E-state index contributed by atoms with van der Waals surface area (Å²) in [5, 5.41) is 0. The van der Waals surface area contributed by atoms with E-state index in [0.29, 0.717) is 23.6 Å². The number of nitrogens with zero attached hydrogens (tertiary/aromatic N) is 3. The van der Waals surface area contributed by atoms with Gasteiger partial charge in [-0.2, -0.15) is 0 Å². The fraction of sp³-hybridized carbons (Fsp3) is 0.571. The Morgan fingerprint density at radius 3 is 2.07 bits per heavy atom. The van der Waals surface area contributed by atoms with E-state index in [9.17, 15) is 14.4 Å². The number of imide groups is 1. The number of likely N-dealkylation sites (tertiary alicyclic amines) is 2. The molecule has 144 valence electrons. The van der Waals surface area contributed by atoms with Gasteiger partial charge in [0.1, 0.15) is 0 Å². The Bertz CT molecular complexity index is 699.